The third-order valence-electron chi connectivity index (χ3n) is 8.63. The summed E-state index contributed by atoms with van der Waals surface area (Å²) in [6.07, 6.45) is 9.23. The third-order valence-corrected chi connectivity index (χ3v) is 8.63. The Balaban J connectivity index is 1.27. The molecule has 3 aliphatic carbocycles. The lowest BCUT2D eigenvalue weighted by molar-refractivity contribution is -0.116. The van der Waals surface area contributed by atoms with E-state index in [0.29, 0.717) is 24.2 Å². The third kappa shape index (κ3) is 3.22. The minimum absolute atomic E-state index is 0.00405. The van der Waals surface area contributed by atoms with Gasteiger partial charge in [0.05, 0.1) is 5.69 Å². The number of fused-ring (bicyclic) bond motifs is 7. The van der Waals surface area contributed by atoms with E-state index < -0.39 is 5.82 Å². The number of amides is 1. The largest absolute Gasteiger partial charge is 0.308 e. The van der Waals surface area contributed by atoms with Gasteiger partial charge in [-0.1, -0.05) is 31.2 Å². The summed E-state index contributed by atoms with van der Waals surface area (Å²) in [6.45, 7) is 2.39. The molecule has 0 bridgehead atoms. The number of nitrogens with one attached hydrogen (secondary N) is 2. The van der Waals surface area contributed by atoms with Gasteiger partial charge in [-0.25, -0.2) is 9.37 Å². The van der Waals surface area contributed by atoms with Crippen LogP contribution in [0.2, 0.25) is 0 Å². The Morgan fingerprint density at radius 3 is 2.97 bits per heavy atom. The number of aryl methyl sites for hydroxylation is 1. The molecule has 1 saturated carbocycles. The molecule has 2 heterocycles. The number of pyridine rings is 1. The van der Waals surface area contributed by atoms with E-state index in [4.69, 9.17) is 5.10 Å². The predicted octanol–water partition coefficient (Wildman–Crippen LogP) is 5.47. The van der Waals surface area contributed by atoms with Gasteiger partial charge >= 0.3 is 0 Å². The van der Waals surface area contributed by atoms with Crippen molar-refractivity contribution < 1.29 is 9.18 Å². The Kier molecular flexibility index (Phi) is 4.86. The molecule has 0 saturated heterocycles. The van der Waals surface area contributed by atoms with Crippen molar-refractivity contribution in [1.29, 1.82) is 0 Å². The monoisotopic (exact) mass is 444 g/mol. The first-order valence-corrected chi connectivity index (χ1v) is 12.1. The second kappa shape index (κ2) is 7.79. The maximum Gasteiger partial charge on any atom is 0.225 e. The number of aromatic amines is 1. The van der Waals surface area contributed by atoms with E-state index in [1.165, 1.54) is 53.6 Å². The highest BCUT2D eigenvalue weighted by Gasteiger charge is 2.58. The maximum atomic E-state index is 13.9. The molecule has 0 radical (unpaired) electrons. The van der Waals surface area contributed by atoms with Gasteiger partial charge in [-0.15, -0.1) is 0 Å². The number of nitrogens with zero attached hydrogens (tertiary/aromatic N) is 2. The molecule has 170 valence electrons. The maximum absolute atomic E-state index is 13.9. The molecule has 33 heavy (non-hydrogen) atoms. The summed E-state index contributed by atoms with van der Waals surface area (Å²) in [5, 5.41) is 10.5. The summed E-state index contributed by atoms with van der Waals surface area (Å²) in [6, 6.07) is 11.8. The summed E-state index contributed by atoms with van der Waals surface area (Å²) in [5.74, 6) is 1.23. The number of hydrogen-bond donors (Lipinski definition) is 2. The Morgan fingerprint density at radius 2 is 2.09 bits per heavy atom. The molecule has 0 spiro atoms. The highest BCUT2D eigenvalue weighted by atomic mass is 19.1. The Bertz CT molecular complexity index is 1210. The molecule has 5 atom stereocenters. The van der Waals surface area contributed by atoms with E-state index in [0.717, 1.165) is 19.3 Å². The highest BCUT2D eigenvalue weighted by molar-refractivity contribution is 5.89. The van der Waals surface area contributed by atoms with Crippen LogP contribution in [0.5, 0.6) is 0 Å². The van der Waals surface area contributed by atoms with Crippen molar-refractivity contribution in [3.63, 3.8) is 0 Å². The van der Waals surface area contributed by atoms with Gasteiger partial charge in [0.15, 0.2) is 11.6 Å². The number of carbonyl (C=O) groups excluding carboxylic acids is 1. The molecule has 1 fully saturated rings. The zero-order chi connectivity index (χ0) is 22.6. The number of H-pyrrole nitrogens is 1. The first-order chi connectivity index (χ1) is 16.1. The van der Waals surface area contributed by atoms with Gasteiger partial charge in [-0.05, 0) is 84.6 Å². The van der Waals surface area contributed by atoms with Gasteiger partial charge in [0.25, 0.3) is 0 Å². The van der Waals surface area contributed by atoms with E-state index in [1.807, 2.05) is 6.20 Å². The summed E-state index contributed by atoms with van der Waals surface area (Å²) in [7, 11) is 0. The summed E-state index contributed by atoms with van der Waals surface area (Å²) >= 11 is 0. The standard InChI is InChI=1S/C27H29FN4O/c1-27-13-12-18-17-6-3-2-5-16(17)8-9-19(18)24(27)20(21-15-30-32-25(21)27)10-11-23(33)31-26-22(28)7-4-14-29-26/h2-7,14-15,18-20,24H,8-13H2,1H3,(H,30,32)(H,29,31,33)/t18?,19?,20-,24?,27+/m1/s1. The van der Waals surface area contributed by atoms with Crippen LogP contribution in [0.1, 0.15) is 73.2 Å². The SMILES string of the molecule is C[C@]12CCC3c4ccccc4CCC3C1[C@H](CCC(=O)Nc1ncccc1F)c1c[nH]nc12. The van der Waals surface area contributed by atoms with Crippen LogP contribution >= 0.6 is 0 Å². The van der Waals surface area contributed by atoms with Crippen molar-refractivity contribution in [2.45, 2.75) is 62.7 Å². The van der Waals surface area contributed by atoms with Crippen LogP contribution in [0, 0.1) is 17.7 Å². The van der Waals surface area contributed by atoms with Gasteiger partial charge in [0.2, 0.25) is 5.91 Å². The normalized spacial score (nSPS) is 29.5. The van der Waals surface area contributed by atoms with E-state index in [-0.39, 0.29) is 23.1 Å². The molecule has 3 aromatic rings. The minimum atomic E-state index is -0.507. The van der Waals surface area contributed by atoms with Gasteiger partial charge in [0, 0.05) is 24.2 Å². The molecule has 1 amide bonds. The van der Waals surface area contributed by atoms with Gasteiger partial charge in [0.1, 0.15) is 0 Å². The molecule has 6 heteroatoms. The number of anilines is 1. The number of benzene rings is 1. The second-order valence-corrected chi connectivity index (χ2v) is 10.2. The van der Waals surface area contributed by atoms with Crippen LogP contribution in [0.15, 0.2) is 48.8 Å². The average Bonchev–Trinajstić information content (AvgIpc) is 3.40. The van der Waals surface area contributed by atoms with Crippen LogP contribution in [0.25, 0.3) is 0 Å². The second-order valence-electron chi connectivity index (χ2n) is 10.2. The lowest BCUT2D eigenvalue weighted by Crippen LogP contribution is -2.44. The fourth-order valence-corrected chi connectivity index (χ4v) is 7.32. The van der Waals surface area contributed by atoms with Crippen LogP contribution < -0.4 is 5.32 Å². The fraction of sp³-hybridized carbons (Fsp3) is 0.444. The number of carbonyl (C=O) groups is 1. The molecule has 1 aromatic carbocycles. The van der Waals surface area contributed by atoms with Crippen molar-refractivity contribution in [2.75, 3.05) is 5.32 Å². The quantitative estimate of drug-likeness (QED) is 0.560. The van der Waals surface area contributed by atoms with Gasteiger partial charge in [-0.3, -0.25) is 9.89 Å². The molecular weight excluding hydrogens is 415 g/mol. The van der Waals surface area contributed by atoms with Crippen LogP contribution in [0.4, 0.5) is 10.2 Å². The molecule has 2 aromatic heterocycles. The molecule has 3 unspecified atom stereocenters. The molecule has 3 aliphatic rings. The number of hydrogen-bond acceptors (Lipinski definition) is 3. The number of halogens is 1. The lowest BCUT2D eigenvalue weighted by atomic mass is 9.53. The zero-order valence-corrected chi connectivity index (χ0v) is 18.9. The predicted molar refractivity (Wildman–Crippen MR) is 124 cm³/mol. The van der Waals surface area contributed by atoms with Crippen molar-refractivity contribution in [1.82, 2.24) is 15.2 Å². The first-order valence-electron chi connectivity index (χ1n) is 12.1. The summed E-state index contributed by atoms with van der Waals surface area (Å²) in [5.41, 5.74) is 5.55. The first kappa shape index (κ1) is 20.6. The van der Waals surface area contributed by atoms with Gasteiger partial charge < -0.3 is 5.32 Å². The fourth-order valence-electron chi connectivity index (χ4n) is 7.32. The molecule has 0 aliphatic heterocycles. The molecule has 6 rings (SSSR count). The van der Waals surface area contributed by atoms with Gasteiger partial charge in [-0.2, -0.15) is 5.10 Å². The van der Waals surface area contributed by atoms with Crippen molar-refractivity contribution >= 4 is 11.7 Å². The zero-order valence-electron chi connectivity index (χ0n) is 18.9. The molecular formula is C27H29FN4O. The molecule has 2 N–H and O–H groups in total. The van der Waals surface area contributed by atoms with E-state index >= 15 is 0 Å². The van der Waals surface area contributed by atoms with Crippen LogP contribution in [0.3, 0.4) is 0 Å². The summed E-state index contributed by atoms with van der Waals surface area (Å²) in [4.78, 5) is 16.7. The van der Waals surface area contributed by atoms with Crippen molar-refractivity contribution in [3.05, 3.63) is 77.0 Å². The lowest BCUT2D eigenvalue weighted by Gasteiger charge is -2.50. The topological polar surface area (TPSA) is 70.7 Å². The van der Waals surface area contributed by atoms with E-state index in [1.54, 1.807) is 0 Å². The van der Waals surface area contributed by atoms with Crippen molar-refractivity contribution in [3.8, 4) is 0 Å². The number of rotatable bonds is 4. The van der Waals surface area contributed by atoms with Crippen LogP contribution in [-0.2, 0) is 16.6 Å². The number of aromatic nitrogens is 3. The molecule has 5 nitrogen and oxygen atoms in total. The Labute approximate surface area is 193 Å². The smallest absolute Gasteiger partial charge is 0.225 e. The Morgan fingerprint density at radius 1 is 1.21 bits per heavy atom. The Hall–Kier alpha value is -3.02. The minimum Gasteiger partial charge on any atom is -0.308 e. The summed E-state index contributed by atoms with van der Waals surface area (Å²) < 4.78 is 13.9. The van der Waals surface area contributed by atoms with E-state index in [2.05, 4.69) is 46.6 Å². The average molecular weight is 445 g/mol. The van der Waals surface area contributed by atoms with E-state index in [9.17, 15) is 9.18 Å². The van der Waals surface area contributed by atoms with Crippen LogP contribution in [-0.4, -0.2) is 21.1 Å². The highest BCUT2D eigenvalue weighted by Crippen LogP contribution is 2.64. The van der Waals surface area contributed by atoms with Crippen molar-refractivity contribution in [2.24, 2.45) is 11.8 Å².